The lowest BCUT2D eigenvalue weighted by atomic mass is 10.2. The van der Waals surface area contributed by atoms with Crippen molar-refractivity contribution in [1.29, 1.82) is 0 Å². The number of nitrogens with one attached hydrogen (secondary N) is 1. The third-order valence-electron chi connectivity index (χ3n) is 4.98. The Bertz CT molecular complexity index is 902. The number of hydrogen-bond acceptors (Lipinski definition) is 6. The molecule has 2 amide bonds. The summed E-state index contributed by atoms with van der Waals surface area (Å²) in [7, 11) is 0. The summed E-state index contributed by atoms with van der Waals surface area (Å²) in [6, 6.07) is 5.94. The van der Waals surface area contributed by atoms with Crippen molar-refractivity contribution >= 4 is 17.5 Å². The van der Waals surface area contributed by atoms with Crippen molar-refractivity contribution in [1.82, 2.24) is 25.2 Å². The van der Waals surface area contributed by atoms with E-state index >= 15 is 0 Å². The molecule has 0 bridgehead atoms. The van der Waals surface area contributed by atoms with Crippen molar-refractivity contribution < 1.29 is 14.5 Å². The van der Waals surface area contributed by atoms with Crippen LogP contribution in [0.15, 0.2) is 24.3 Å². The summed E-state index contributed by atoms with van der Waals surface area (Å²) >= 11 is 0. The predicted octanol–water partition coefficient (Wildman–Crippen LogP) is 2.01. The lowest BCUT2D eigenvalue weighted by Gasteiger charge is -2.20. The van der Waals surface area contributed by atoms with Gasteiger partial charge in [0.25, 0.3) is 11.6 Å². The summed E-state index contributed by atoms with van der Waals surface area (Å²) in [6.45, 7) is 3.44. The van der Waals surface area contributed by atoms with E-state index in [-0.39, 0.29) is 30.3 Å². The van der Waals surface area contributed by atoms with Gasteiger partial charge in [0.1, 0.15) is 0 Å². The molecule has 2 heterocycles. The van der Waals surface area contributed by atoms with Crippen molar-refractivity contribution in [2.45, 2.75) is 39.0 Å². The third kappa shape index (κ3) is 4.95. The maximum absolute atomic E-state index is 12.4. The molecule has 154 valence electrons. The molecule has 29 heavy (non-hydrogen) atoms. The molecule has 0 atom stereocenters. The number of rotatable bonds is 6. The van der Waals surface area contributed by atoms with E-state index in [1.165, 1.54) is 16.8 Å². The van der Waals surface area contributed by atoms with Crippen LogP contribution in [0.4, 0.5) is 5.69 Å². The molecule has 0 radical (unpaired) electrons. The first kappa shape index (κ1) is 20.4. The Morgan fingerprint density at radius 3 is 2.62 bits per heavy atom. The van der Waals surface area contributed by atoms with Crippen LogP contribution in [0, 0.1) is 17.0 Å². The molecule has 1 N–H and O–H groups in total. The number of nitro benzene ring substituents is 1. The maximum Gasteiger partial charge on any atom is 0.273 e. The predicted molar refractivity (Wildman–Crippen MR) is 105 cm³/mol. The van der Waals surface area contributed by atoms with Crippen molar-refractivity contribution in [3.05, 3.63) is 45.8 Å². The molecule has 2 aromatic rings. The molecule has 1 aromatic carbocycles. The molecule has 1 aliphatic heterocycles. The molecule has 0 spiro atoms. The molecule has 10 heteroatoms. The molecule has 1 aliphatic rings. The van der Waals surface area contributed by atoms with Crippen LogP contribution in [0.5, 0.6) is 0 Å². The van der Waals surface area contributed by atoms with Gasteiger partial charge < -0.3 is 10.2 Å². The number of non-ortho nitro benzene ring substituents is 1. The van der Waals surface area contributed by atoms with E-state index in [0.29, 0.717) is 11.4 Å². The number of benzene rings is 1. The van der Waals surface area contributed by atoms with Crippen LogP contribution in [-0.4, -0.2) is 56.3 Å². The van der Waals surface area contributed by atoms with Gasteiger partial charge in [-0.25, -0.2) is 4.68 Å². The highest BCUT2D eigenvalue weighted by Crippen LogP contribution is 2.18. The minimum absolute atomic E-state index is 0.0455. The summed E-state index contributed by atoms with van der Waals surface area (Å²) in [5.74, 6) is -0.382. The van der Waals surface area contributed by atoms with Gasteiger partial charge in [0.2, 0.25) is 5.91 Å². The summed E-state index contributed by atoms with van der Waals surface area (Å²) in [5.41, 5.74) is 0.954. The lowest BCUT2D eigenvalue weighted by Crippen LogP contribution is -2.35. The largest absolute Gasteiger partial charge is 0.350 e. The van der Waals surface area contributed by atoms with Gasteiger partial charge in [-0.15, -0.1) is 5.10 Å². The van der Waals surface area contributed by atoms with E-state index in [9.17, 15) is 19.7 Å². The Kier molecular flexibility index (Phi) is 6.53. The maximum atomic E-state index is 12.4. The first-order chi connectivity index (χ1) is 14.0. The molecular formula is C19H24N6O4. The average Bonchev–Trinajstić information content (AvgIpc) is 2.91. The summed E-state index contributed by atoms with van der Waals surface area (Å²) in [5, 5.41) is 21.5. The van der Waals surface area contributed by atoms with E-state index in [1.54, 1.807) is 19.1 Å². The monoisotopic (exact) mass is 400 g/mol. The van der Waals surface area contributed by atoms with E-state index in [2.05, 4.69) is 15.6 Å². The van der Waals surface area contributed by atoms with Crippen molar-refractivity contribution in [2.75, 3.05) is 19.6 Å². The summed E-state index contributed by atoms with van der Waals surface area (Å²) in [6.07, 6.45) is 4.60. The Morgan fingerprint density at radius 1 is 1.21 bits per heavy atom. The molecule has 1 saturated heterocycles. The van der Waals surface area contributed by atoms with Gasteiger partial charge in [0, 0.05) is 38.2 Å². The zero-order valence-electron chi connectivity index (χ0n) is 16.3. The highest BCUT2D eigenvalue weighted by atomic mass is 16.6. The van der Waals surface area contributed by atoms with Gasteiger partial charge in [-0.1, -0.05) is 24.1 Å². The standard InChI is InChI=1S/C19H24N6O4/c1-14-18(21-22-24(14)15-7-6-8-16(13-15)25(28)29)19(27)20-10-9-17(26)23-11-4-2-3-5-12-23/h6-8,13H,2-5,9-12H2,1H3,(H,20,27). The Labute approximate surface area is 168 Å². The van der Waals surface area contributed by atoms with Gasteiger partial charge in [0.05, 0.1) is 16.3 Å². The Balaban J connectivity index is 1.60. The fourth-order valence-corrected chi connectivity index (χ4v) is 3.37. The zero-order chi connectivity index (χ0) is 20.8. The fourth-order valence-electron chi connectivity index (χ4n) is 3.37. The van der Waals surface area contributed by atoms with Crippen LogP contribution in [0.25, 0.3) is 5.69 Å². The number of hydrogen-bond donors (Lipinski definition) is 1. The van der Waals surface area contributed by atoms with Crippen LogP contribution in [0.2, 0.25) is 0 Å². The molecular weight excluding hydrogens is 376 g/mol. The van der Waals surface area contributed by atoms with Crippen LogP contribution >= 0.6 is 0 Å². The van der Waals surface area contributed by atoms with E-state index < -0.39 is 10.8 Å². The summed E-state index contributed by atoms with van der Waals surface area (Å²) in [4.78, 5) is 37.1. The molecule has 3 rings (SSSR count). The Morgan fingerprint density at radius 2 is 1.93 bits per heavy atom. The second kappa shape index (κ2) is 9.26. The topological polar surface area (TPSA) is 123 Å². The van der Waals surface area contributed by atoms with Crippen LogP contribution in [0.3, 0.4) is 0 Å². The number of likely N-dealkylation sites (tertiary alicyclic amines) is 1. The molecule has 0 unspecified atom stereocenters. The molecule has 1 aromatic heterocycles. The van der Waals surface area contributed by atoms with Gasteiger partial charge >= 0.3 is 0 Å². The minimum Gasteiger partial charge on any atom is -0.350 e. The molecule has 0 saturated carbocycles. The van der Waals surface area contributed by atoms with Gasteiger partial charge in [-0.05, 0) is 25.8 Å². The van der Waals surface area contributed by atoms with Crippen LogP contribution in [-0.2, 0) is 4.79 Å². The van der Waals surface area contributed by atoms with E-state index in [0.717, 1.165) is 38.8 Å². The number of amides is 2. The van der Waals surface area contributed by atoms with Gasteiger partial charge in [-0.3, -0.25) is 19.7 Å². The molecule has 10 nitrogen and oxygen atoms in total. The Hall–Kier alpha value is -3.30. The quantitative estimate of drug-likeness (QED) is 0.584. The first-order valence-electron chi connectivity index (χ1n) is 9.70. The van der Waals surface area contributed by atoms with Crippen LogP contribution in [0.1, 0.15) is 48.3 Å². The van der Waals surface area contributed by atoms with Crippen LogP contribution < -0.4 is 5.32 Å². The zero-order valence-corrected chi connectivity index (χ0v) is 16.3. The van der Waals surface area contributed by atoms with E-state index in [1.807, 2.05) is 4.90 Å². The second-order valence-electron chi connectivity index (χ2n) is 7.01. The molecule has 1 fully saturated rings. The van der Waals surface area contributed by atoms with Gasteiger partial charge in [0.15, 0.2) is 5.69 Å². The van der Waals surface area contributed by atoms with E-state index in [4.69, 9.17) is 0 Å². The average molecular weight is 400 g/mol. The first-order valence-corrected chi connectivity index (χ1v) is 9.70. The summed E-state index contributed by atoms with van der Waals surface area (Å²) < 4.78 is 1.38. The number of aromatic nitrogens is 3. The second-order valence-corrected chi connectivity index (χ2v) is 7.01. The highest BCUT2D eigenvalue weighted by molar-refractivity contribution is 5.93. The smallest absolute Gasteiger partial charge is 0.273 e. The van der Waals surface area contributed by atoms with Crippen molar-refractivity contribution in [3.8, 4) is 5.69 Å². The lowest BCUT2D eigenvalue weighted by molar-refractivity contribution is -0.384. The molecule has 0 aliphatic carbocycles. The third-order valence-corrected chi connectivity index (χ3v) is 4.98. The SMILES string of the molecule is Cc1c(C(=O)NCCC(=O)N2CCCCCC2)nnn1-c1cccc([N+](=O)[O-])c1. The number of carbonyl (C=O) groups excluding carboxylic acids is 2. The highest BCUT2D eigenvalue weighted by Gasteiger charge is 2.20. The number of nitro groups is 1. The normalized spacial score (nSPS) is 14.3. The number of nitrogens with zero attached hydrogens (tertiary/aromatic N) is 5. The van der Waals surface area contributed by atoms with Gasteiger partial charge in [-0.2, -0.15) is 0 Å². The van der Waals surface area contributed by atoms with Crippen molar-refractivity contribution in [2.24, 2.45) is 0 Å². The van der Waals surface area contributed by atoms with Crippen molar-refractivity contribution in [3.63, 3.8) is 0 Å². The fraction of sp³-hybridized carbons (Fsp3) is 0.474. The minimum atomic E-state index is -0.495. The number of carbonyl (C=O) groups is 2.